The van der Waals surface area contributed by atoms with E-state index in [9.17, 15) is 19.3 Å². The van der Waals surface area contributed by atoms with Crippen LogP contribution in [0.3, 0.4) is 0 Å². The van der Waals surface area contributed by atoms with Crippen LogP contribution in [0.2, 0.25) is 0 Å². The normalized spacial score (nSPS) is 10.7. The van der Waals surface area contributed by atoms with Crippen molar-refractivity contribution < 1.29 is 18.8 Å². The molecule has 184 valence electrons. The Hall–Kier alpha value is -4.25. The molecule has 0 spiro atoms. The Balaban J connectivity index is 1.40. The number of hydrogen-bond donors (Lipinski definition) is 1. The summed E-state index contributed by atoms with van der Waals surface area (Å²) in [7, 11) is 0. The number of hydrogen-bond acceptors (Lipinski definition) is 8. The number of esters is 1. The highest BCUT2D eigenvalue weighted by Gasteiger charge is 2.21. The Bertz CT molecular complexity index is 1360. The number of aryl methyl sites for hydroxylation is 1. The van der Waals surface area contributed by atoms with Crippen molar-refractivity contribution in [1.82, 2.24) is 15.0 Å². The van der Waals surface area contributed by atoms with E-state index in [1.165, 1.54) is 35.0 Å². The molecule has 0 aliphatic carbocycles. The number of anilines is 1. The molecule has 1 aromatic heterocycles. The molecule has 0 amide bonds. The van der Waals surface area contributed by atoms with Gasteiger partial charge in [0.25, 0.3) is 5.69 Å². The van der Waals surface area contributed by atoms with E-state index in [4.69, 9.17) is 4.74 Å². The molecule has 0 radical (unpaired) electrons. The molecule has 0 fully saturated rings. The number of rotatable bonds is 10. The van der Waals surface area contributed by atoms with Crippen LogP contribution in [0.25, 0.3) is 5.69 Å². The highest BCUT2D eigenvalue weighted by atomic mass is 32.2. The van der Waals surface area contributed by atoms with Crippen LogP contribution in [0, 0.1) is 22.9 Å². The van der Waals surface area contributed by atoms with Gasteiger partial charge in [-0.25, -0.2) is 13.9 Å². The summed E-state index contributed by atoms with van der Waals surface area (Å²) in [5.41, 5.74) is 1.60. The molecule has 4 rings (SSSR count). The second-order valence-electron chi connectivity index (χ2n) is 7.68. The Morgan fingerprint density at radius 1 is 1.14 bits per heavy atom. The fourth-order valence-corrected chi connectivity index (χ4v) is 4.20. The standard InChI is InChI=1S/C25H22FN5O4S/c1-17-24(30(29-28-17)20-10-8-19(26)9-11-20)25(32)35-16-18-7-12-22(23(15-18)31(33)34)27-13-14-36-21-5-3-2-4-6-21/h2-12,15,27H,13-14,16H2,1H3. The zero-order chi connectivity index (χ0) is 25.5. The fraction of sp³-hybridized carbons (Fsp3) is 0.160. The number of halogens is 1. The van der Waals surface area contributed by atoms with Gasteiger partial charge >= 0.3 is 5.97 Å². The molecule has 0 saturated heterocycles. The van der Waals surface area contributed by atoms with E-state index in [2.05, 4.69) is 15.6 Å². The summed E-state index contributed by atoms with van der Waals surface area (Å²) in [5, 5.41) is 22.6. The molecule has 0 bridgehead atoms. The molecule has 1 heterocycles. The van der Waals surface area contributed by atoms with Crippen LogP contribution in [0.1, 0.15) is 21.7 Å². The van der Waals surface area contributed by atoms with E-state index < -0.39 is 16.7 Å². The third-order valence-electron chi connectivity index (χ3n) is 5.16. The molecular formula is C25H22FN5O4S. The number of nitrogens with one attached hydrogen (secondary N) is 1. The van der Waals surface area contributed by atoms with Gasteiger partial charge in [0.05, 0.1) is 16.3 Å². The number of thioether (sulfide) groups is 1. The third kappa shape index (κ3) is 6.05. The molecular weight excluding hydrogens is 485 g/mol. The van der Waals surface area contributed by atoms with E-state index in [0.29, 0.717) is 29.2 Å². The van der Waals surface area contributed by atoms with E-state index in [1.807, 2.05) is 30.3 Å². The van der Waals surface area contributed by atoms with Crippen molar-refractivity contribution in [3.63, 3.8) is 0 Å². The summed E-state index contributed by atoms with van der Waals surface area (Å²) in [6, 6.07) is 19.9. The fourth-order valence-electron chi connectivity index (χ4n) is 3.41. The maximum Gasteiger partial charge on any atom is 0.359 e. The Kier molecular flexibility index (Phi) is 7.91. The van der Waals surface area contributed by atoms with Gasteiger partial charge in [0.15, 0.2) is 5.69 Å². The van der Waals surface area contributed by atoms with Crippen molar-refractivity contribution in [2.75, 3.05) is 17.6 Å². The molecule has 0 saturated carbocycles. The second kappa shape index (κ2) is 11.5. The average molecular weight is 508 g/mol. The van der Waals surface area contributed by atoms with Crippen LogP contribution in [-0.2, 0) is 11.3 Å². The molecule has 11 heteroatoms. The number of aromatic nitrogens is 3. The molecule has 0 aliphatic heterocycles. The summed E-state index contributed by atoms with van der Waals surface area (Å²) < 4.78 is 19.9. The maximum atomic E-state index is 13.3. The minimum absolute atomic E-state index is 0.0883. The van der Waals surface area contributed by atoms with E-state index in [-0.39, 0.29) is 18.0 Å². The zero-order valence-corrected chi connectivity index (χ0v) is 20.1. The van der Waals surface area contributed by atoms with Crippen LogP contribution >= 0.6 is 11.8 Å². The lowest BCUT2D eigenvalue weighted by Crippen LogP contribution is -2.13. The van der Waals surface area contributed by atoms with Gasteiger partial charge in [0, 0.05) is 23.3 Å². The van der Waals surface area contributed by atoms with Crippen molar-refractivity contribution in [3.8, 4) is 5.69 Å². The van der Waals surface area contributed by atoms with E-state index >= 15 is 0 Å². The average Bonchev–Trinajstić information content (AvgIpc) is 3.27. The molecule has 9 nitrogen and oxygen atoms in total. The van der Waals surface area contributed by atoms with E-state index in [1.54, 1.807) is 30.8 Å². The Morgan fingerprint density at radius 3 is 2.61 bits per heavy atom. The lowest BCUT2D eigenvalue weighted by Gasteiger charge is -2.10. The first-order valence-corrected chi connectivity index (χ1v) is 12.0. The number of carbonyl (C=O) groups excluding carboxylic acids is 1. The number of nitro benzene ring substituents is 1. The number of carbonyl (C=O) groups is 1. The summed E-state index contributed by atoms with van der Waals surface area (Å²) in [6.45, 7) is 1.96. The zero-order valence-electron chi connectivity index (χ0n) is 19.3. The topological polar surface area (TPSA) is 112 Å². The van der Waals surface area contributed by atoms with Gasteiger partial charge in [-0.15, -0.1) is 16.9 Å². The van der Waals surface area contributed by atoms with Gasteiger partial charge in [-0.2, -0.15) is 0 Å². The quantitative estimate of drug-likeness (QED) is 0.103. The Morgan fingerprint density at radius 2 is 1.89 bits per heavy atom. The molecule has 36 heavy (non-hydrogen) atoms. The van der Waals surface area contributed by atoms with Crippen LogP contribution < -0.4 is 5.32 Å². The molecule has 0 aliphatic rings. The molecule has 4 aromatic rings. The highest BCUT2D eigenvalue weighted by Crippen LogP contribution is 2.27. The summed E-state index contributed by atoms with van der Waals surface area (Å²) in [5.74, 6) is -0.394. The maximum absolute atomic E-state index is 13.3. The van der Waals surface area contributed by atoms with E-state index in [0.717, 1.165) is 10.6 Å². The first-order valence-electron chi connectivity index (χ1n) is 11.0. The minimum Gasteiger partial charge on any atom is -0.456 e. The van der Waals surface area contributed by atoms with Crippen molar-refractivity contribution in [1.29, 1.82) is 0 Å². The van der Waals surface area contributed by atoms with Gasteiger partial charge in [0.2, 0.25) is 0 Å². The number of nitro groups is 1. The lowest BCUT2D eigenvalue weighted by molar-refractivity contribution is -0.384. The predicted molar refractivity (Wildman–Crippen MR) is 134 cm³/mol. The minimum atomic E-state index is -0.704. The van der Waals surface area contributed by atoms with Gasteiger partial charge in [-0.05, 0) is 55.0 Å². The largest absolute Gasteiger partial charge is 0.456 e. The number of nitrogens with zero attached hydrogens (tertiary/aromatic N) is 4. The number of ether oxygens (including phenoxy) is 1. The van der Waals surface area contributed by atoms with Crippen LogP contribution in [-0.4, -0.2) is 38.2 Å². The highest BCUT2D eigenvalue weighted by molar-refractivity contribution is 7.99. The van der Waals surface area contributed by atoms with Gasteiger partial charge in [0.1, 0.15) is 18.1 Å². The molecule has 1 N–H and O–H groups in total. The third-order valence-corrected chi connectivity index (χ3v) is 6.18. The summed E-state index contributed by atoms with van der Waals surface area (Å²) >= 11 is 1.65. The smallest absolute Gasteiger partial charge is 0.359 e. The van der Waals surface area contributed by atoms with Crippen molar-refractivity contribution in [2.24, 2.45) is 0 Å². The summed E-state index contributed by atoms with van der Waals surface area (Å²) in [4.78, 5) is 25.1. The molecule has 0 unspecified atom stereocenters. The number of benzene rings is 3. The Labute approximate surface area is 210 Å². The monoisotopic (exact) mass is 507 g/mol. The van der Waals surface area contributed by atoms with Crippen molar-refractivity contribution in [2.45, 2.75) is 18.4 Å². The van der Waals surface area contributed by atoms with Gasteiger partial charge < -0.3 is 10.1 Å². The van der Waals surface area contributed by atoms with Gasteiger partial charge in [-0.1, -0.05) is 29.5 Å². The second-order valence-corrected chi connectivity index (χ2v) is 8.85. The SMILES string of the molecule is Cc1nnn(-c2ccc(F)cc2)c1C(=O)OCc1ccc(NCCSc2ccccc2)c([N+](=O)[O-])c1. The van der Waals surface area contributed by atoms with Crippen LogP contribution in [0.4, 0.5) is 15.8 Å². The van der Waals surface area contributed by atoms with Crippen molar-refractivity contribution >= 4 is 29.1 Å². The first-order chi connectivity index (χ1) is 17.4. The summed E-state index contributed by atoms with van der Waals surface area (Å²) in [6.07, 6.45) is 0. The lowest BCUT2D eigenvalue weighted by atomic mass is 10.2. The first kappa shape index (κ1) is 24.9. The predicted octanol–water partition coefficient (Wildman–Crippen LogP) is 5.18. The van der Waals surface area contributed by atoms with Gasteiger partial charge in [-0.3, -0.25) is 10.1 Å². The van der Waals surface area contributed by atoms with Crippen molar-refractivity contribution in [3.05, 3.63) is 106 Å². The van der Waals surface area contributed by atoms with Crippen LogP contribution in [0.15, 0.2) is 77.7 Å². The molecule has 0 atom stereocenters. The molecule has 3 aromatic carbocycles. The van der Waals surface area contributed by atoms with Crippen LogP contribution in [0.5, 0.6) is 0 Å².